The van der Waals surface area contributed by atoms with Gasteiger partial charge in [-0.3, -0.25) is 0 Å². The average molecular weight is 516 g/mol. The highest BCUT2D eigenvalue weighted by atomic mass is 32.1. The number of hydrogen-bond donors (Lipinski definition) is 1. The Morgan fingerprint density at radius 2 is 1.70 bits per heavy atom. The number of nitrogens with zero attached hydrogens (tertiary/aromatic N) is 4. The molecule has 9 heteroatoms. The summed E-state index contributed by atoms with van der Waals surface area (Å²) >= 11 is 1.70. The number of nitrogens with one attached hydrogen (secondary N) is 1. The van der Waals surface area contributed by atoms with Crippen LogP contribution in [0.2, 0.25) is 0 Å². The van der Waals surface area contributed by atoms with Gasteiger partial charge in [-0.05, 0) is 18.9 Å². The molecule has 1 fully saturated rings. The Balaban J connectivity index is 1.52. The number of rotatable bonds is 7. The number of anilines is 2. The van der Waals surface area contributed by atoms with E-state index in [1.165, 1.54) is 24.0 Å². The number of thiophene rings is 1. The molecule has 1 N–H and O–H groups in total. The summed E-state index contributed by atoms with van der Waals surface area (Å²) in [6.07, 6.45) is 7.95. The summed E-state index contributed by atoms with van der Waals surface area (Å²) in [7, 11) is 4.81. The monoisotopic (exact) mass is 515 g/mol. The highest BCUT2D eigenvalue weighted by Crippen LogP contribution is 2.42. The molecule has 0 aliphatic heterocycles. The summed E-state index contributed by atoms with van der Waals surface area (Å²) in [5.74, 6) is 2.98. The average Bonchev–Trinajstić information content (AvgIpc) is 3.57. The van der Waals surface area contributed by atoms with Gasteiger partial charge in [-0.25, -0.2) is 15.0 Å². The third-order valence-corrected chi connectivity index (χ3v) is 8.00. The molecule has 0 spiro atoms. The van der Waals surface area contributed by atoms with Crippen LogP contribution in [0.15, 0.2) is 48.1 Å². The summed E-state index contributed by atoms with van der Waals surface area (Å²) in [5.41, 5.74) is 3.36. The minimum Gasteiger partial charge on any atom is -0.493 e. The van der Waals surface area contributed by atoms with Crippen LogP contribution < -0.4 is 19.5 Å². The van der Waals surface area contributed by atoms with Crippen molar-refractivity contribution in [3.8, 4) is 28.6 Å². The normalized spacial score (nSPS) is 14.2. The molecule has 3 aromatic heterocycles. The first-order valence-electron chi connectivity index (χ1n) is 12.5. The molecule has 190 valence electrons. The van der Waals surface area contributed by atoms with Gasteiger partial charge in [0.05, 0.1) is 27.7 Å². The standard InChI is InChI=1S/C28H29N5O3S/c1-34-21-13-17(14-22(35-2)25(21)36-3)30-27-24-28(33(16-29-24)18-9-5-4-6-10-18)32-26(31-27)20-15-37-23-12-8-7-11-19(20)23/h7-8,11-16,18H,4-6,9-10H2,1-3H3,(H,30,31,32). The fourth-order valence-corrected chi connectivity index (χ4v) is 6.13. The van der Waals surface area contributed by atoms with Gasteiger partial charge in [-0.15, -0.1) is 11.3 Å². The second-order valence-corrected chi connectivity index (χ2v) is 10.1. The lowest BCUT2D eigenvalue weighted by Crippen LogP contribution is -2.12. The van der Waals surface area contributed by atoms with E-state index in [9.17, 15) is 0 Å². The van der Waals surface area contributed by atoms with Gasteiger partial charge in [0.15, 0.2) is 34.3 Å². The molecule has 6 rings (SSSR count). The number of imidazole rings is 1. The molecule has 2 aromatic carbocycles. The Morgan fingerprint density at radius 1 is 0.946 bits per heavy atom. The highest BCUT2D eigenvalue weighted by molar-refractivity contribution is 7.17. The van der Waals surface area contributed by atoms with E-state index in [-0.39, 0.29) is 0 Å². The summed E-state index contributed by atoms with van der Waals surface area (Å²) in [6.45, 7) is 0. The maximum Gasteiger partial charge on any atom is 0.203 e. The number of benzene rings is 2. The fourth-order valence-electron chi connectivity index (χ4n) is 5.19. The SMILES string of the molecule is COc1cc(Nc2nc(-c3csc4ccccc34)nc3c2ncn3C2CCCCC2)cc(OC)c1OC. The summed E-state index contributed by atoms with van der Waals surface area (Å²) in [5, 5.41) is 6.76. The Hall–Kier alpha value is -3.85. The molecule has 3 heterocycles. The van der Waals surface area contributed by atoms with Crippen LogP contribution in [0.5, 0.6) is 17.2 Å². The highest BCUT2D eigenvalue weighted by Gasteiger charge is 2.23. The number of fused-ring (bicyclic) bond motifs is 2. The van der Waals surface area contributed by atoms with Gasteiger partial charge in [-0.2, -0.15) is 0 Å². The van der Waals surface area contributed by atoms with E-state index in [1.54, 1.807) is 32.7 Å². The molecule has 0 atom stereocenters. The maximum atomic E-state index is 5.56. The lowest BCUT2D eigenvalue weighted by Gasteiger charge is -2.23. The first kappa shape index (κ1) is 23.5. The van der Waals surface area contributed by atoms with Crippen LogP contribution in [0, 0.1) is 0 Å². The van der Waals surface area contributed by atoms with Gasteiger partial charge < -0.3 is 24.1 Å². The first-order valence-corrected chi connectivity index (χ1v) is 13.4. The predicted molar refractivity (Wildman–Crippen MR) is 148 cm³/mol. The van der Waals surface area contributed by atoms with Crippen LogP contribution in [0.25, 0.3) is 32.6 Å². The van der Waals surface area contributed by atoms with Gasteiger partial charge >= 0.3 is 0 Å². The van der Waals surface area contributed by atoms with Gasteiger partial charge in [-0.1, -0.05) is 37.5 Å². The molecule has 5 aromatic rings. The van der Waals surface area contributed by atoms with E-state index >= 15 is 0 Å². The molecule has 0 saturated heterocycles. The van der Waals surface area contributed by atoms with E-state index in [2.05, 4.69) is 39.5 Å². The van der Waals surface area contributed by atoms with E-state index in [4.69, 9.17) is 29.2 Å². The summed E-state index contributed by atoms with van der Waals surface area (Å²) < 4.78 is 20.1. The lowest BCUT2D eigenvalue weighted by atomic mass is 9.95. The molecule has 0 bridgehead atoms. The van der Waals surface area contributed by atoms with Crippen LogP contribution in [0.1, 0.15) is 38.1 Å². The molecule has 37 heavy (non-hydrogen) atoms. The fraction of sp³-hybridized carbons (Fsp3) is 0.321. The molecular weight excluding hydrogens is 486 g/mol. The zero-order valence-electron chi connectivity index (χ0n) is 21.2. The molecule has 0 radical (unpaired) electrons. The quantitative estimate of drug-likeness (QED) is 0.250. The molecular formula is C28H29N5O3S. The van der Waals surface area contributed by atoms with Crippen molar-refractivity contribution in [2.45, 2.75) is 38.1 Å². The third-order valence-electron chi connectivity index (χ3n) is 7.04. The van der Waals surface area contributed by atoms with Gasteiger partial charge in [0, 0.05) is 44.9 Å². The number of ether oxygens (including phenoxy) is 3. The Labute approximate surface area is 219 Å². The summed E-state index contributed by atoms with van der Waals surface area (Å²) in [6, 6.07) is 12.5. The van der Waals surface area contributed by atoms with Gasteiger partial charge in [0.1, 0.15) is 0 Å². The van der Waals surface area contributed by atoms with Crippen molar-refractivity contribution in [2.75, 3.05) is 26.6 Å². The smallest absolute Gasteiger partial charge is 0.203 e. The third kappa shape index (κ3) is 4.23. The van der Waals surface area contributed by atoms with Crippen molar-refractivity contribution >= 4 is 44.1 Å². The zero-order valence-corrected chi connectivity index (χ0v) is 22.0. The van der Waals surface area contributed by atoms with Gasteiger partial charge in [0.2, 0.25) is 5.75 Å². The van der Waals surface area contributed by atoms with Crippen LogP contribution in [0.3, 0.4) is 0 Å². The zero-order chi connectivity index (χ0) is 25.4. The van der Waals surface area contributed by atoms with Crippen molar-refractivity contribution in [1.82, 2.24) is 19.5 Å². The minimum absolute atomic E-state index is 0.398. The van der Waals surface area contributed by atoms with Crippen LogP contribution in [0.4, 0.5) is 11.5 Å². The second-order valence-electron chi connectivity index (χ2n) is 9.20. The van der Waals surface area contributed by atoms with E-state index in [0.717, 1.165) is 40.6 Å². The topological polar surface area (TPSA) is 83.3 Å². The molecule has 1 saturated carbocycles. The molecule has 0 amide bonds. The predicted octanol–water partition coefficient (Wildman–Crippen LogP) is 6.98. The molecule has 0 unspecified atom stereocenters. The van der Waals surface area contributed by atoms with Crippen LogP contribution in [-0.4, -0.2) is 40.8 Å². The van der Waals surface area contributed by atoms with E-state index < -0.39 is 0 Å². The first-order chi connectivity index (χ1) is 18.2. The van der Waals surface area contributed by atoms with Gasteiger partial charge in [0.25, 0.3) is 0 Å². The molecule has 8 nitrogen and oxygen atoms in total. The Kier molecular flexibility index (Phi) is 6.30. The number of methoxy groups -OCH3 is 3. The van der Waals surface area contributed by atoms with Crippen molar-refractivity contribution in [3.05, 3.63) is 48.1 Å². The van der Waals surface area contributed by atoms with Crippen molar-refractivity contribution in [3.63, 3.8) is 0 Å². The minimum atomic E-state index is 0.398. The second kappa shape index (κ2) is 9.89. The molecule has 1 aliphatic carbocycles. The van der Waals surface area contributed by atoms with E-state index in [1.807, 2.05) is 18.5 Å². The lowest BCUT2D eigenvalue weighted by molar-refractivity contribution is 0.324. The van der Waals surface area contributed by atoms with Crippen molar-refractivity contribution in [1.29, 1.82) is 0 Å². The summed E-state index contributed by atoms with van der Waals surface area (Å²) in [4.78, 5) is 14.9. The number of aromatic nitrogens is 4. The largest absolute Gasteiger partial charge is 0.493 e. The van der Waals surface area contributed by atoms with Crippen LogP contribution in [-0.2, 0) is 0 Å². The number of hydrogen-bond acceptors (Lipinski definition) is 8. The van der Waals surface area contributed by atoms with Crippen LogP contribution >= 0.6 is 11.3 Å². The Bertz CT molecular complexity index is 1550. The Morgan fingerprint density at radius 3 is 2.43 bits per heavy atom. The molecule has 1 aliphatic rings. The van der Waals surface area contributed by atoms with Crippen molar-refractivity contribution in [2.24, 2.45) is 0 Å². The van der Waals surface area contributed by atoms with Crippen molar-refractivity contribution < 1.29 is 14.2 Å². The van der Waals surface area contributed by atoms with E-state index in [0.29, 0.717) is 34.9 Å². The maximum absolute atomic E-state index is 5.56.